The number of fused-ring (bicyclic) bond motifs is 1. The molecular formula is C14H25ClN2O. The Hall–Kier alpha value is -0.280. The summed E-state index contributed by atoms with van der Waals surface area (Å²) in [6.45, 7) is 5.23. The fourth-order valence-corrected chi connectivity index (χ4v) is 4.15. The Morgan fingerprint density at radius 3 is 2.44 bits per heavy atom. The van der Waals surface area contributed by atoms with Crippen molar-refractivity contribution in [1.29, 1.82) is 0 Å². The lowest BCUT2D eigenvalue weighted by molar-refractivity contribution is -0.137. The molecule has 1 saturated carbocycles. The van der Waals surface area contributed by atoms with Gasteiger partial charge in [0.1, 0.15) is 0 Å². The molecule has 18 heavy (non-hydrogen) atoms. The molecule has 1 N–H and O–H groups in total. The van der Waals surface area contributed by atoms with Gasteiger partial charge in [0, 0.05) is 13.1 Å². The van der Waals surface area contributed by atoms with Crippen molar-refractivity contribution in [2.45, 2.75) is 51.0 Å². The van der Waals surface area contributed by atoms with Crippen molar-refractivity contribution in [2.24, 2.45) is 11.8 Å². The van der Waals surface area contributed by atoms with Crippen LogP contribution in [0.5, 0.6) is 0 Å². The van der Waals surface area contributed by atoms with Gasteiger partial charge < -0.3 is 10.2 Å². The number of carbonyl (C=O) groups is 1. The molecule has 3 nitrogen and oxygen atoms in total. The zero-order valence-electron chi connectivity index (χ0n) is 11.3. The van der Waals surface area contributed by atoms with Crippen LogP contribution in [0.15, 0.2) is 0 Å². The fraction of sp³-hybridized carbons (Fsp3) is 0.929. The number of amides is 1. The minimum atomic E-state index is -0.210. The van der Waals surface area contributed by atoms with Crippen molar-refractivity contribution in [3.05, 3.63) is 0 Å². The van der Waals surface area contributed by atoms with Gasteiger partial charge in [0.2, 0.25) is 5.91 Å². The molecule has 2 heterocycles. The van der Waals surface area contributed by atoms with Crippen molar-refractivity contribution >= 4 is 18.3 Å². The van der Waals surface area contributed by atoms with Crippen molar-refractivity contribution in [3.8, 4) is 0 Å². The van der Waals surface area contributed by atoms with Crippen molar-refractivity contribution in [2.75, 3.05) is 19.6 Å². The van der Waals surface area contributed by atoms with E-state index < -0.39 is 0 Å². The summed E-state index contributed by atoms with van der Waals surface area (Å²) in [5, 5.41) is 3.47. The summed E-state index contributed by atoms with van der Waals surface area (Å²) in [7, 11) is 0. The van der Waals surface area contributed by atoms with E-state index in [1.54, 1.807) is 0 Å². The highest BCUT2D eigenvalue weighted by Crippen LogP contribution is 2.39. The largest absolute Gasteiger partial charge is 0.341 e. The highest BCUT2D eigenvalue weighted by molar-refractivity contribution is 5.87. The second kappa shape index (κ2) is 5.38. The van der Waals surface area contributed by atoms with Crippen LogP contribution >= 0.6 is 12.4 Å². The van der Waals surface area contributed by atoms with Crippen molar-refractivity contribution in [3.63, 3.8) is 0 Å². The predicted octanol–water partition coefficient (Wildman–Crippen LogP) is 2.20. The molecule has 1 amide bonds. The summed E-state index contributed by atoms with van der Waals surface area (Å²) in [6, 6.07) is 0. The Labute approximate surface area is 116 Å². The molecule has 3 unspecified atom stereocenters. The third-order valence-corrected chi connectivity index (χ3v) is 5.27. The van der Waals surface area contributed by atoms with E-state index in [4.69, 9.17) is 0 Å². The number of halogens is 1. The van der Waals surface area contributed by atoms with Crippen LogP contribution < -0.4 is 5.32 Å². The monoisotopic (exact) mass is 272 g/mol. The molecule has 3 fully saturated rings. The number of nitrogens with zero attached hydrogens (tertiary/aromatic N) is 1. The summed E-state index contributed by atoms with van der Waals surface area (Å²) >= 11 is 0. The first-order valence-corrected chi connectivity index (χ1v) is 7.29. The number of hydrogen-bond donors (Lipinski definition) is 1. The predicted molar refractivity (Wildman–Crippen MR) is 74.9 cm³/mol. The highest BCUT2D eigenvalue weighted by atomic mass is 35.5. The molecule has 4 heteroatoms. The van der Waals surface area contributed by atoms with Gasteiger partial charge in [-0.2, -0.15) is 0 Å². The fourth-order valence-electron chi connectivity index (χ4n) is 4.15. The Balaban J connectivity index is 0.00000120. The average Bonchev–Trinajstić information content (AvgIpc) is 3.03. The average molecular weight is 273 g/mol. The Morgan fingerprint density at radius 1 is 1.28 bits per heavy atom. The molecule has 0 aromatic heterocycles. The minimum absolute atomic E-state index is 0. The van der Waals surface area contributed by atoms with Crippen LogP contribution in [0.25, 0.3) is 0 Å². The van der Waals surface area contributed by atoms with Gasteiger partial charge in [-0.1, -0.05) is 13.3 Å². The van der Waals surface area contributed by atoms with E-state index in [0.29, 0.717) is 5.91 Å². The molecule has 0 bridgehead atoms. The first-order chi connectivity index (χ1) is 8.25. The van der Waals surface area contributed by atoms with Crippen LogP contribution in [-0.4, -0.2) is 36.0 Å². The maximum atomic E-state index is 12.7. The zero-order valence-corrected chi connectivity index (χ0v) is 12.1. The van der Waals surface area contributed by atoms with E-state index in [2.05, 4.69) is 17.1 Å². The van der Waals surface area contributed by atoms with Gasteiger partial charge >= 0.3 is 0 Å². The molecule has 3 aliphatic rings. The molecule has 3 rings (SSSR count). The molecule has 0 aromatic carbocycles. The van der Waals surface area contributed by atoms with E-state index in [0.717, 1.165) is 50.7 Å². The van der Waals surface area contributed by atoms with Gasteiger partial charge in [0.25, 0.3) is 0 Å². The maximum absolute atomic E-state index is 12.7. The normalized spacial score (nSPS) is 38.6. The molecule has 1 aliphatic carbocycles. The van der Waals surface area contributed by atoms with Crippen LogP contribution in [0, 0.1) is 11.8 Å². The first kappa shape index (κ1) is 14.1. The van der Waals surface area contributed by atoms with Gasteiger partial charge in [-0.25, -0.2) is 0 Å². The Morgan fingerprint density at radius 2 is 1.94 bits per heavy atom. The Kier molecular flexibility index (Phi) is 4.22. The van der Waals surface area contributed by atoms with Gasteiger partial charge in [0.05, 0.1) is 5.54 Å². The lowest BCUT2D eigenvalue weighted by atomic mass is 9.92. The van der Waals surface area contributed by atoms with Crippen LogP contribution in [0.1, 0.15) is 45.4 Å². The van der Waals surface area contributed by atoms with Crippen molar-refractivity contribution in [1.82, 2.24) is 10.2 Å². The summed E-state index contributed by atoms with van der Waals surface area (Å²) in [5.74, 6) is 2.02. The smallest absolute Gasteiger partial charge is 0.242 e. The van der Waals surface area contributed by atoms with E-state index >= 15 is 0 Å². The molecule has 0 aromatic rings. The number of likely N-dealkylation sites (tertiary alicyclic amines) is 1. The molecule has 2 saturated heterocycles. The lowest BCUT2D eigenvalue weighted by Gasteiger charge is -2.32. The SMILES string of the molecule is CCC1(C(=O)N2CC3CCCC3C2)CCCN1.Cl. The summed E-state index contributed by atoms with van der Waals surface area (Å²) in [5.41, 5.74) is -0.210. The Bertz CT molecular complexity index is 303. The highest BCUT2D eigenvalue weighted by Gasteiger charge is 2.46. The van der Waals surface area contributed by atoms with Gasteiger partial charge in [-0.05, 0) is 50.5 Å². The van der Waals surface area contributed by atoms with E-state index in [-0.39, 0.29) is 17.9 Å². The molecule has 104 valence electrons. The standard InChI is InChI=1S/C14H24N2O.ClH/c1-2-14(7-4-8-15-14)13(17)16-9-11-5-3-6-12(11)10-16;/h11-12,15H,2-10H2,1H3;1H. The number of hydrogen-bond acceptors (Lipinski definition) is 2. The summed E-state index contributed by atoms with van der Waals surface area (Å²) in [6.07, 6.45) is 7.21. The topological polar surface area (TPSA) is 32.3 Å². The number of rotatable bonds is 2. The summed E-state index contributed by atoms with van der Waals surface area (Å²) in [4.78, 5) is 14.9. The van der Waals surface area contributed by atoms with Crippen LogP contribution in [0.4, 0.5) is 0 Å². The molecule has 3 atom stereocenters. The maximum Gasteiger partial charge on any atom is 0.242 e. The third kappa shape index (κ3) is 2.16. The molecule has 0 spiro atoms. The first-order valence-electron chi connectivity index (χ1n) is 7.29. The number of nitrogens with one attached hydrogen (secondary N) is 1. The van der Waals surface area contributed by atoms with E-state index in [1.807, 2.05) is 0 Å². The van der Waals surface area contributed by atoms with Crippen LogP contribution in [0.3, 0.4) is 0 Å². The third-order valence-electron chi connectivity index (χ3n) is 5.27. The lowest BCUT2D eigenvalue weighted by Crippen LogP contribution is -2.54. The van der Waals surface area contributed by atoms with Crippen LogP contribution in [0.2, 0.25) is 0 Å². The van der Waals surface area contributed by atoms with Gasteiger partial charge in [-0.15, -0.1) is 12.4 Å². The number of carbonyl (C=O) groups excluding carboxylic acids is 1. The second-order valence-electron chi connectivity index (χ2n) is 6.13. The molecular weight excluding hydrogens is 248 g/mol. The quantitative estimate of drug-likeness (QED) is 0.836. The second-order valence-corrected chi connectivity index (χ2v) is 6.13. The molecule has 2 aliphatic heterocycles. The zero-order chi connectivity index (χ0) is 11.9. The molecule has 0 radical (unpaired) electrons. The van der Waals surface area contributed by atoms with Gasteiger partial charge in [-0.3, -0.25) is 4.79 Å². The van der Waals surface area contributed by atoms with Crippen LogP contribution in [-0.2, 0) is 4.79 Å². The van der Waals surface area contributed by atoms with Crippen molar-refractivity contribution < 1.29 is 4.79 Å². The van der Waals surface area contributed by atoms with E-state index in [1.165, 1.54) is 19.3 Å². The van der Waals surface area contributed by atoms with Gasteiger partial charge in [0.15, 0.2) is 0 Å². The van der Waals surface area contributed by atoms with E-state index in [9.17, 15) is 4.79 Å². The summed E-state index contributed by atoms with van der Waals surface area (Å²) < 4.78 is 0. The minimum Gasteiger partial charge on any atom is -0.341 e.